The monoisotopic (exact) mass is 215 g/mol. The van der Waals surface area contributed by atoms with E-state index in [0.29, 0.717) is 12.5 Å². The number of nitrogens with one attached hydrogen (secondary N) is 1. The van der Waals surface area contributed by atoms with E-state index < -0.39 is 5.60 Å². The Labute approximate surface area is 91.0 Å². The molecule has 0 aliphatic heterocycles. The number of amides is 1. The minimum absolute atomic E-state index is 0.185. The third-order valence-electron chi connectivity index (χ3n) is 2.45. The van der Waals surface area contributed by atoms with Crippen LogP contribution >= 0.6 is 0 Å². The molecule has 0 spiro atoms. The Kier molecular flexibility index (Phi) is 3.97. The highest BCUT2D eigenvalue weighted by Crippen LogP contribution is 2.24. The molecule has 1 unspecified atom stereocenters. The largest absolute Gasteiger partial charge is 0.444 e. The fourth-order valence-corrected chi connectivity index (χ4v) is 1.78. The van der Waals surface area contributed by atoms with E-state index in [1.807, 2.05) is 20.8 Å². The van der Waals surface area contributed by atoms with Gasteiger partial charge in [-0.3, -0.25) is 0 Å². The van der Waals surface area contributed by atoms with Crippen LogP contribution in [0.3, 0.4) is 0 Å². The molecule has 2 atom stereocenters. The number of hydrogen-bond donors (Lipinski definition) is 2. The van der Waals surface area contributed by atoms with E-state index in [0.717, 1.165) is 19.3 Å². The number of alkyl carbamates (subject to hydrolysis) is 1. The van der Waals surface area contributed by atoms with Crippen LogP contribution in [0, 0.1) is 5.92 Å². The maximum Gasteiger partial charge on any atom is 0.407 e. The lowest BCUT2D eigenvalue weighted by molar-refractivity contribution is 0.0517. The van der Waals surface area contributed by atoms with E-state index in [1.165, 1.54) is 0 Å². The first kappa shape index (κ1) is 12.3. The van der Waals surface area contributed by atoms with Crippen LogP contribution in [0.1, 0.15) is 40.0 Å². The van der Waals surface area contributed by atoms with Crippen molar-refractivity contribution in [3.63, 3.8) is 0 Å². The van der Waals surface area contributed by atoms with Gasteiger partial charge >= 0.3 is 6.09 Å². The zero-order valence-electron chi connectivity index (χ0n) is 9.75. The van der Waals surface area contributed by atoms with Gasteiger partial charge in [-0.15, -0.1) is 0 Å². The smallest absolute Gasteiger partial charge is 0.407 e. The summed E-state index contributed by atoms with van der Waals surface area (Å²) in [7, 11) is 0. The van der Waals surface area contributed by atoms with E-state index in [-0.39, 0.29) is 12.2 Å². The van der Waals surface area contributed by atoms with Crippen molar-refractivity contribution in [1.82, 2.24) is 5.32 Å². The first-order valence-electron chi connectivity index (χ1n) is 5.52. The second-order valence-corrected chi connectivity index (χ2v) is 5.22. The summed E-state index contributed by atoms with van der Waals surface area (Å²) in [6, 6.07) is 0. The molecule has 0 bridgehead atoms. The Morgan fingerprint density at radius 1 is 1.47 bits per heavy atom. The zero-order valence-corrected chi connectivity index (χ0v) is 9.75. The molecule has 1 aliphatic carbocycles. The molecular formula is C11H21NO3. The van der Waals surface area contributed by atoms with Crippen LogP contribution < -0.4 is 5.32 Å². The molecule has 1 rings (SSSR count). The molecule has 4 heteroatoms. The molecule has 2 N–H and O–H groups in total. The standard InChI is InChI=1S/C11H21NO3/c1-11(2,3)15-10(14)12-7-8-4-5-9(13)6-8/h8-9,13H,4-7H2,1-3H3,(H,12,14)/t8-,9?/m0/s1. The van der Waals surface area contributed by atoms with E-state index in [1.54, 1.807) is 0 Å². The molecule has 15 heavy (non-hydrogen) atoms. The molecule has 4 nitrogen and oxygen atoms in total. The lowest BCUT2D eigenvalue weighted by atomic mass is 10.1. The zero-order chi connectivity index (χ0) is 11.5. The van der Waals surface area contributed by atoms with Crippen molar-refractivity contribution in [2.24, 2.45) is 5.92 Å². The number of hydrogen-bond acceptors (Lipinski definition) is 3. The van der Waals surface area contributed by atoms with Gasteiger partial charge in [-0.1, -0.05) is 0 Å². The highest BCUT2D eigenvalue weighted by atomic mass is 16.6. The fraction of sp³-hybridized carbons (Fsp3) is 0.909. The lowest BCUT2D eigenvalue weighted by Crippen LogP contribution is -2.35. The van der Waals surface area contributed by atoms with Gasteiger partial charge in [0, 0.05) is 6.54 Å². The normalized spacial score (nSPS) is 26.4. The van der Waals surface area contributed by atoms with Crippen molar-refractivity contribution in [3.8, 4) is 0 Å². The topological polar surface area (TPSA) is 58.6 Å². The summed E-state index contributed by atoms with van der Waals surface area (Å²) >= 11 is 0. The third kappa shape index (κ3) is 5.02. The summed E-state index contributed by atoms with van der Waals surface area (Å²) in [5.74, 6) is 0.396. The molecule has 1 aliphatic rings. The summed E-state index contributed by atoms with van der Waals surface area (Å²) in [6.07, 6.45) is 2.06. The van der Waals surface area contributed by atoms with Crippen LogP contribution in [0.2, 0.25) is 0 Å². The SMILES string of the molecule is CC(C)(C)OC(=O)NC[C@H]1CCC(O)C1. The van der Waals surface area contributed by atoms with Gasteiger partial charge in [-0.05, 0) is 46.0 Å². The average molecular weight is 215 g/mol. The molecular weight excluding hydrogens is 194 g/mol. The number of rotatable bonds is 2. The van der Waals surface area contributed by atoms with Gasteiger partial charge < -0.3 is 15.2 Å². The first-order chi connectivity index (χ1) is 6.87. The highest BCUT2D eigenvalue weighted by Gasteiger charge is 2.24. The molecule has 0 aromatic heterocycles. The van der Waals surface area contributed by atoms with Crippen molar-refractivity contribution in [3.05, 3.63) is 0 Å². The predicted molar refractivity (Wildman–Crippen MR) is 57.6 cm³/mol. The van der Waals surface area contributed by atoms with Crippen molar-refractivity contribution in [2.45, 2.75) is 51.7 Å². The first-order valence-corrected chi connectivity index (χ1v) is 5.52. The molecule has 0 heterocycles. The quantitative estimate of drug-likeness (QED) is 0.736. The number of carbonyl (C=O) groups excluding carboxylic acids is 1. The molecule has 1 saturated carbocycles. The fourth-order valence-electron chi connectivity index (χ4n) is 1.78. The van der Waals surface area contributed by atoms with Crippen molar-refractivity contribution in [1.29, 1.82) is 0 Å². The average Bonchev–Trinajstić information content (AvgIpc) is 2.45. The van der Waals surface area contributed by atoms with E-state index in [9.17, 15) is 9.90 Å². The summed E-state index contributed by atoms with van der Waals surface area (Å²) in [4.78, 5) is 11.3. The summed E-state index contributed by atoms with van der Waals surface area (Å²) in [6.45, 7) is 6.12. The second-order valence-electron chi connectivity index (χ2n) is 5.22. The summed E-state index contributed by atoms with van der Waals surface area (Å²) in [5, 5.41) is 12.0. The van der Waals surface area contributed by atoms with Crippen LogP contribution in [-0.2, 0) is 4.74 Å². The lowest BCUT2D eigenvalue weighted by Gasteiger charge is -2.20. The van der Waals surface area contributed by atoms with Crippen LogP contribution in [0.4, 0.5) is 4.79 Å². The van der Waals surface area contributed by atoms with E-state index >= 15 is 0 Å². The van der Waals surface area contributed by atoms with Crippen molar-refractivity contribution in [2.75, 3.05) is 6.54 Å². The van der Waals surface area contributed by atoms with Crippen molar-refractivity contribution < 1.29 is 14.6 Å². The molecule has 1 amide bonds. The second kappa shape index (κ2) is 4.84. The van der Waals surface area contributed by atoms with Gasteiger partial charge in [-0.25, -0.2) is 4.79 Å². The Morgan fingerprint density at radius 3 is 2.60 bits per heavy atom. The summed E-state index contributed by atoms with van der Waals surface area (Å²) in [5.41, 5.74) is -0.445. The van der Waals surface area contributed by atoms with Gasteiger partial charge in [0.25, 0.3) is 0 Å². The molecule has 0 aromatic rings. The van der Waals surface area contributed by atoms with Crippen molar-refractivity contribution >= 4 is 6.09 Å². The van der Waals surface area contributed by atoms with Crippen LogP contribution in [-0.4, -0.2) is 29.4 Å². The molecule has 0 aromatic carbocycles. The molecule has 1 fully saturated rings. The number of carbonyl (C=O) groups is 1. The Balaban J connectivity index is 2.17. The predicted octanol–water partition coefficient (Wildman–Crippen LogP) is 1.67. The minimum Gasteiger partial charge on any atom is -0.444 e. The highest BCUT2D eigenvalue weighted by molar-refractivity contribution is 5.67. The molecule has 0 radical (unpaired) electrons. The number of aliphatic hydroxyl groups is 1. The Bertz CT molecular complexity index is 222. The Morgan fingerprint density at radius 2 is 2.13 bits per heavy atom. The molecule has 0 saturated heterocycles. The van der Waals surface area contributed by atoms with Gasteiger partial charge in [0.1, 0.15) is 5.60 Å². The van der Waals surface area contributed by atoms with Crippen LogP contribution in [0.15, 0.2) is 0 Å². The minimum atomic E-state index is -0.445. The maximum atomic E-state index is 11.3. The van der Waals surface area contributed by atoms with Gasteiger partial charge in [0.2, 0.25) is 0 Å². The number of ether oxygens (including phenoxy) is 1. The van der Waals surface area contributed by atoms with Gasteiger partial charge in [-0.2, -0.15) is 0 Å². The maximum absolute atomic E-state index is 11.3. The summed E-state index contributed by atoms with van der Waals surface area (Å²) < 4.78 is 5.11. The van der Waals surface area contributed by atoms with Crippen LogP contribution in [0.5, 0.6) is 0 Å². The third-order valence-corrected chi connectivity index (χ3v) is 2.45. The van der Waals surface area contributed by atoms with E-state index in [2.05, 4.69) is 5.32 Å². The Hall–Kier alpha value is -0.770. The van der Waals surface area contributed by atoms with Crippen LogP contribution in [0.25, 0.3) is 0 Å². The van der Waals surface area contributed by atoms with Gasteiger partial charge in [0.05, 0.1) is 6.10 Å². The van der Waals surface area contributed by atoms with Gasteiger partial charge in [0.15, 0.2) is 0 Å². The number of aliphatic hydroxyl groups excluding tert-OH is 1. The van der Waals surface area contributed by atoms with E-state index in [4.69, 9.17) is 4.74 Å². The molecule has 88 valence electrons.